The highest BCUT2D eigenvalue weighted by atomic mass is 32.1. The number of thiazole rings is 1. The molecular formula is C15H14N2OS. The van der Waals surface area contributed by atoms with Crippen LogP contribution in [0.25, 0.3) is 20.8 Å². The van der Waals surface area contributed by atoms with Crippen molar-refractivity contribution in [3.63, 3.8) is 0 Å². The molecule has 1 heterocycles. The van der Waals surface area contributed by atoms with Crippen LogP contribution in [0.1, 0.15) is 5.56 Å². The van der Waals surface area contributed by atoms with E-state index < -0.39 is 0 Å². The molecule has 0 saturated carbocycles. The van der Waals surface area contributed by atoms with Crippen LogP contribution in [0.4, 0.5) is 5.69 Å². The predicted molar refractivity (Wildman–Crippen MR) is 80.8 cm³/mol. The number of fused-ring (bicyclic) bond motifs is 1. The molecule has 0 radical (unpaired) electrons. The van der Waals surface area contributed by atoms with Gasteiger partial charge in [0.05, 0.1) is 17.3 Å². The molecule has 0 aliphatic heterocycles. The molecule has 0 spiro atoms. The first-order valence-corrected chi connectivity index (χ1v) is 6.80. The van der Waals surface area contributed by atoms with Crippen LogP contribution in [-0.4, -0.2) is 12.1 Å². The van der Waals surface area contributed by atoms with Crippen molar-refractivity contribution in [2.24, 2.45) is 0 Å². The van der Waals surface area contributed by atoms with Crippen LogP contribution in [0.5, 0.6) is 5.75 Å². The molecule has 0 bridgehead atoms. The van der Waals surface area contributed by atoms with Crippen LogP contribution in [0.15, 0.2) is 36.4 Å². The van der Waals surface area contributed by atoms with Crippen molar-refractivity contribution in [1.29, 1.82) is 0 Å². The summed E-state index contributed by atoms with van der Waals surface area (Å²) in [6, 6.07) is 11.9. The van der Waals surface area contributed by atoms with Gasteiger partial charge in [0.1, 0.15) is 10.8 Å². The number of anilines is 1. The number of nitrogens with zero attached hydrogens (tertiary/aromatic N) is 1. The van der Waals surface area contributed by atoms with Crippen molar-refractivity contribution in [3.8, 4) is 16.3 Å². The number of methoxy groups -OCH3 is 1. The largest absolute Gasteiger partial charge is 0.497 e. The summed E-state index contributed by atoms with van der Waals surface area (Å²) in [5.74, 6) is 0.847. The number of hydrogen-bond acceptors (Lipinski definition) is 4. The van der Waals surface area contributed by atoms with Gasteiger partial charge in [0.25, 0.3) is 0 Å². The minimum absolute atomic E-state index is 0.761. The minimum atomic E-state index is 0.761. The van der Waals surface area contributed by atoms with E-state index in [0.29, 0.717) is 0 Å². The molecule has 0 saturated heterocycles. The van der Waals surface area contributed by atoms with Crippen LogP contribution in [0.2, 0.25) is 0 Å². The van der Waals surface area contributed by atoms with Crippen molar-refractivity contribution < 1.29 is 4.74 Å². The molecule has 0 fully saturated rings. The van der Waals surface area contributed by atoms with Gasteiger partial charge in [0.15, 0.2) is 0 Å². The first-order valence-electron chi connectivity index (χ1n) is 5.98. The fourth-order valence-corrected chi connectivity index (χ4v) is 3.03. The highest BCUT2D eigenvalue weighted by Crippen LogP contribution is 2.35. The Morgan fingerprint density at radius 1 is 1.16 bits per heavy atom. The minimum Gasteiger partial charge on any atom is -0.497 e. The molecule has 0 aliphatic carbocycles. The molecule has 96 valence electrons. The van der Waals surface area contributed by atoms with E-state index in [-0.39, 0.29) is 0 Å². The number of nitrogen functional groups attached to an aromatic ring is 1. The molecule has 0 unspecified atom stereocenters. The molecule has 0 aliphatic rings. The Morgan fingerprint density at radius 2 is 2.00 bits per heavy atom. The third kappa shape index (κ3) is 2.15. The van der Waals surface area contributed by atoms with E-state index in [9.17, 15) is 0 Å². The van der Waals surface area contributed by atoms with Gasteiger partial charge in [-0.2, -0.15) is 0 Å². The van der Waals surface area contributed by atoms with E-state index >= 15 is 0 Å². The summed E-state index contributed by atoms with van der Waals surface area (Å²) >= 11 is 1.63. The lowest BCUT2D eigenvalue weighted by molar-refractivity contribution is 0.415. The van der Waals surface area contributed by atoms with Crippen molar-refractivity contribution in [3.05, 3.63) is 42.0 Å². The van der Waals surface area contributed by atoms with Crippen molar-refractivity contribution in [2.75, 3.05) is 12.8 Å². The van der Waals surface area contributed by atoms with Gasteiger partial charge >= 0.3 is 0 Å². The zero-order valence-electron chi connectivity index (χ0n) is 10.8. The van der Waals surface area contributed by atoms with Crippen LogP contribution in [0, 0.1) is 6.92 Å². The van der Waals surface area contributed by atoms with Gasteiger partial charge in [-0.3, -0.25) is 0 Å². The Labute approximate surface area is 115 Å². The lowest BCUT2D eigenvalue weighted by atomic mass is 10.1. The van der Waals surface area contributed by atoms with E-state index in [1.54, 1.807) is 18.4 Å². The molecule has 0 atom stereocenters. The zero-order chi connectivity index (χ0) is 13.4. The summed E-state index contributed by atoms with van der Waals surface area (Å²) in [6.07, 6.45) is 0. The molecule has 2 N–H and O–H groups in total. The second-order valence-electron chi connectivity index (χ2n) is 4.44. The van der Waals surface area contributed by atoms with Crippen LogP contribution < -0.4 is 10.5 Å². The lowest BCUT2D eigenvalue weighted by Gasteiger charge is -2.02. The Balaban J connectivity index is 2.17. The smallest absolute Gasteiger partial charge is 0.126 e. The fraction of sp³-hybridized carbons (Fsp3) is 0.133. The van der Waals surface area contributed by atoms with Crippen molar-refractivity contribution in [2.45, 2.75) is 6.92 Å². The van der Waals surface area contributed by atoms with Crippen molar-refractivity contribution in [1.82, 2.24) is 4.98 Å². The maximum atomic E-state index is 6.04. The Kier molecular flexibility index (Phi) is 2.87. The zero-order valence-corrected chi connectivity index (χ0v) is 11.6. The monoisotopic (exact) mass is 270 g/mol. The first-order chi connectivity index (χ1) is 9.17. The fourth-order valence-electron chi connectivity index (χ4n) is 2.00. The number of hydrogen-bond donors (Lipinski definition) is 1. The van der Waals surface area contributed by atoms with E-state index in [4.69, 9.17) is 10.5 Å². The van der Waals surface area contributed by atoms with Crippen molar-refractivity contribution >= 4 is 27.2 Å². The first kappa shape index (κ1) is 12.0. The van der Waals surface area contributed by atoms with Crippen LogP contribution >= 0.6 is 11.3 Å². The summed E-state index contributed by atoms with van der Waals surface area (Å²) in [5, 5.41) is 0.949. The van der Waals surface area contributed by atoms with E-state index in [1.165, 1.54) is 5.56 Å². The van der Waals surface area contributed by atoms with Crippen LogP contribution in [-0.2, 0) is 0 Å². The molecular weight excluding hydrogens is 256 g/mol. The lowest BCUT2D eigenvalue weighted by Crippen LogP contribution is -1.89. The topological polar surface area (TPSA) is 48.1 Å². The SMILES string of the molecule is COc1ccc2nc(-c3cc(C)ccc3N)sc2c1. The Bertz CT molecular complexity index is 749. The number of benzene rings is 2. The Hall–Kier alpha value is -2.07. The number of aromatic nitrogens is 1. The maximum absolute atomic E-state index is 6.04. The van der Waals surface area contributed by atoms with Gasteiger partial charge in [0.2, 0.25) is 0 Å². The van der Waals surface area contributed by atoms with E-state index in [0.717, 1.165) is 32.2 Å². The second kappa shape index (κ2) is 4.55. The molecule has 1 aromatic heterocycles. The van der Waals surface area contributed by atoms with Gasteiger partial charge < -0.3 is 10.5 Å². The molecule has 3 aromatic rings. The van der Waals surface area contributed by atoms with Crippen LogP contribution in [0.3, 0.4) is 0 Å². The quantitative estimate of drug-likeness (QED) is 0.719. The summed E-state index contributed by atoms with van der Waals surface area (Å²) in [7, 11) is 1.67. The third-order valence-electron chi connectivity index (χ3n) is 3.03. The standard InChI is InChI=1S/C15H14N2OS/c1-9-3-5-12(16)11(7-9)15-17-13-6-4-10(18-2)8-14(13)19-15/h3-8H,16H2,1-2H3. The maximum Gasteiger partial charge on any atom is 0.126 e. The van der Waals surface area contributed by atoms with Gasteiger partial charge in [0, 0.05) is 11.3 Å². The summed E-state index contributed by atoms with van der Waals surface area (Å²) in [4.78, 5) is 4.64. The number of nitrogens with two attached hydrogens (primary N) is 1. The normalized spacial score (nSPS) is 10.8. The Morgan fingerprint density at radius 3 is 2.79 bits per heavy atom. The molecule has 3 nitrogen and oxygen atoms in total. The summed E-state index contributed by atoms with van der Waals surface area (Å²) < 4.78 is 6.34. The third-order valence-corrected chi connectivity index (χ3v) is 4.09. The second-order valence-corrected chi connectivity index (χ2v) is 5.47. The number of ether oxygens (including phenoxy) is 1. The number of rotatable bonds is 2. The average molecular weight is 270 g/mol. The van der Waals surface area contributed by atoms with Gasteiger partial charge in [-0.1, -0.05) is 11.6 Å². The molecule has 3 rings (SSSR count). The van der Waals surface area contributed by atoms with Gasteiger partial charge in [-0.05, 0) is 37.3 Å². The molecule has 2 aromatic carbocycles. The van der Waals surface area contributed by atoms with E-state index in [2.05, 4.69) is 18.0 Å². The van der Waals surface area contributed by atoms with E-state index in [1.807, 2.05) is 30.3 Å². The summed E-state index contributed by atoms with van der Waals surface area (Å²) in [5.41, 5.74) is 9.96. The highest BCUT2D eigenvalue weighted by molar-refractivity contribution is 7.21. The predicted octanol–water partition coefficient (Wildman–Crippen LogP) is 3.86. The van der Waals surface area contributed by atoms with Gasteiger partial charge in [-0.25, -0.2) is 4.98 Å². The molecule has 0 amide bonds. The molecule has 19 heavy (non-hydrogen) atoms. The number of aryl methyl sites for hydroxylation is 1. The summed E-state index contributed by atoms with van der Waals surface area (Å²) in [6.45, 7) is 2.05. The van der Waals surface area contributed by atoms with Gasteiger partial charge in [-0.15, -0.1) is 11.3 Å². The highest BCUT2D eigenvalue weighted by Gasteiger charge is 2.10. The molecule has 4 heteroatoms. The average Bonchev–Trinajstić information content (AvgIpc) is 2.83.